The van der Waals surface area contributed by atoms with Crippen molar-refractivity contribution in [1.82, 2.24) is 14.5 Å². The minimum atomic E-state index is -3.90. The minimum Gasteiger partial charge on any atom is -0.321 e. The number of carbonyl (C=O) groups excluding carboxylic acids is 1. The summed E-state index contributed by atoms with van der Waals surface area (Å²) in [6.45, 7) is 4.07. The molecular formula is C25H27N3O3S. The Balaban J connectivity index is 1.44. The highest BCUT2D eigenvalue weighted by atomic mass is 32.2. The fourth-order valence-corrected chi connectivity index (χ4v) is 5.00. The average Bonchev–Trinajstić information content (AvgIpc) is 2.81. The van der Waals surface area contributed by atoms with Crippen LogP contribution in [0.2, 0.25) is 0 Å². The number of urea groups is 1. The number of nitrogens with one attached hydrogen (secondary N) is 1. The first-order valence-electron chi connectivity index (χ1n) is 10.7. The smallest absolute Gasteiger partial charge is 0.321 e. The molecule has 0 radical (unpaired) electrons. The molecule has 0 saturated carbocycles. The maximum atomic E-state index is 12.7. The van der Waals surface area contributed by atoms with Gasteiger partial charge in [0.15, 0.2) is 0 Å². The molecule has 0 aromatic heterocycles. The Bertz CT molecular complexity index is 1100. The lowest BCUT2D eigenvalue weighted by atomic mass is 9.96. The van der Waals surface area contributed by atoms with Gasteiger partial charge in [0.25, 0.3) is 10.0 Å². The lowest BCUT2D eigenvalue weighted by Crippen LogP contribution is -2.53. The fourth-order valence-electron chi connectivity index (χ4n) is 4.02. The van der Waals surface area contributed by atoms with Gasteiger partial charge in [0.1, 0.15) is 0 Å². The predicted octanol–water partition coefficient (Wildman–Crippen LogP) is 3.80. The van der Waals surface area contributed by atoms with Crippen LogP contribution < -0.4 is 4.72 Å². The summed E-state index contributed by atoms with van der Waals surface area (Å²) in [6, 6.07) is 26.5. The van der Waals surface area contributed by atoms with Gasteiger partial charge in [-0.3, -0.25) is 4.90 Å². The molecule has 7 heteroatoms. The van der Waals surface area contributed by atoms with Crippen LogP contribution in [0.3, 0.4) is 0 Å². The number of sulfonamides is 1. The summed E-state index contributed by atoms with van der Waals surface area (Å²) in [5.74, 6) is 0. The summed E-state index contributed by atoms with van der Waals surface area (Å²) in [5, 5.41) is 0. The molecule has 1 N–H and O–H groups in total. The van der Waals surface area contributed by atoms with Crippen LogP contribution in [0.4, 0.5) is 4.79 Å². The van der Waals surface area contributed by atoms with Crippen molar-refractivity contribution in [2.75, 3.05) is 26.2 Å². The van der Waals surface area contributed by atoms with Gasteiger partial charge in [-0.1, -0.05) is 78.4 Å². The van der Waals surface area contributed by atoms with E-state index in [4.69, 9.17) is 0 Å². The topological polar surface area (TPSA) is 69.7 Å². The second kappa shape index (κ2) is 9.54. The Morgan fingerprint density at radius 2 is 1.28 bits per heavy atom. The number of carbonyl (C=O) groups is 1. The molecule has 166 valence electrons. The number of aryl methyl sites for hydroxylation is 1. The predicted molar refractivity (Wildman–Crippen MR) is 125 cm³/mol. The third-order valence-electron chi connectivity index (χ3n) is 5.75. The Hall–Kier alpha value is -3.16. The first kappa shape index (κ1) is 22.0. The Kier molecular flexibility index (Phi) is 6.58. The summed E-state index contributed by atoms with van der Waals surface area (Å²) in [5.41, 5.74) is 3.34. The quantitative estimate of drug-likeness (QED) is 0.643. The van der Waals surface area contributed by atoms with Gasteiger partial charge < -0.3 is 4.90 Å². The van der Waals surface area contributed by atoms with Crippen molar-refractivity contribution in [3.8, 4) is 0 Å². The molecule has 1 heterocycles. The molecule has 1 saturated heterocycles. The highest BCUT2D eigenvalue weighted by Crippen LogP contribution is 2.29. The van der Waals surface area contributed by atoms with Gasteiger partial charge in [-0.15, -0.1) is 0 Å². The SMILES string of the molecule is Cc1ccc(S(=O)(=O)NC(=O)N2CCN(C(c3ccccc3)c3ccccc3)CC2)cc1. The van der Waals surface area contributed by atoms with Crippen LogP contribution in [0.25, 0.3) is 0 Å². The van der Waals surface area contributed by atoms with Crippen LogP contribution in [-0.2, 0) is 10.0 Å². The van der Waals surface area contributed by atoms with Crippen LogP contribution in [0.15, 0.2) is 89.8 Å². The van der Waals surface area contributed by atoms with Gasteiger partial charge in [-0.2, -0.15) is 0 Å². The zero-order chi connectivity index (χ0) is 22.6. The molecule has 3 aromatic rings. The van der Waals surface area contributed by atoms with Crippen molar-refractivity contribution in [2.24, 2.45) is 0 Å². The largest absolute Gasteiger partial charge is 0.331 e. The lowest BCUT2D eigenvalue weighted by Gasteiger charge is -2.39. The molecule has 0 spiro atoms. The maximum absolute atomic E-state index is 12.7. The van der Waals surface area contributed by atoms with Crippen molar-refractivity contribution >= 4 is 16.1 Å². The van der Waals surface area contributed by atoms with E-state index < -0.39 is 16.1 Å². The van der Waals surface area contributed by atoms with E-state index in [1.807, 2.05) is 43.3 Å². The van der Waals surface area contributed by atoms with Gasteiger partial charge in [0, 0.05) is 26.2 Å². The van der Waals surface area contributed by atoms with E-state index in [9.17, 15) is 13.2 Å². The van der Waals surface area contributed by atoms with E-state index in [1.54, 1.807) is 17.0 Å². The van der Waals surface area contributed by atoms with Crippen LogP contribution in [0.1, 0.15) is 22.7 Å². The van der Waals surface area contributed by atoms with Gasteiger partial charge >= 0.3 is 6.03 Å². The third-order valence-corrected chi connectivity index (χ3v) is 7.09. The minimum absolute atomic E-state index is 0.0823. The average molecular weight is 450 g/mol. The fraction of sp³-hybridized carbons (Fsp3) is 0.240. The molecular weight excluding hydrogens is 422 g/mol. The third kappa shape index (κ3) is 5.00. The Labute approximate surface area is 189 Å². The molecule has 32 heavy (non-hydrogen) atoms. The van der Waals surface area contributed by atoms with Gasteiger partial charge in [0.05, 0.1) is 10.9 Å². The second-order valence-corrected chi connectivity index (χ2v) is 9.65. The summed E-state index contributed by atoms with van der Waals surface area (Å²) in [6.07, 6.45) is 0. The summed E-state index contributed by atoms with van der Waals surface area (Å²) >= 11 is 0. The van der Waals surface area contributed by atoms with Crippen LogP contribution in [-0.4, -0.2) is 50.4 Å². The molecule has 4 rings (SSSR count). The molecule has 0 bridgehead atoms. The van der Waals surface area contributed by atoms with E-state index in [0.717, 1.165) is 5.56 Å². The molecule has 1 fully saturated rings. The molecule has 1 aliphatic rings. The summed E-state index contributed by atoms with van der Waals surface area (Å²) < 4.78 is 27.4. The standard InChI is InChI=1S/C25H27N3O3S/c1-20-12-14-23(15-13-20)32(30,31)26-25(29)28-18-16-27(17-19-28)24(21-8-4-2-5-9-21)22-10-6-3-7-11-22/h2-15,24H,16-19H2,1H3,(H,26,29). The molecule has 0 aliphatic carbocycles. The van der Waals surface area contributed by atoms with E-state index in [2.05, 4.69) is 33.9 Å². The molecule has 0 atom stereocenters. The van der Waals surface area contributed by atoms with Gasteiger partial charge in [-0.05, 0) is 30.2 Å². The monoisotopic (exact) mass is 449 g/mol. The first-order valence-corrected chi connectivity index (χ1v) is 12.1. The number of piperazine rings is 1. The second-order valence-electron chi connectivity index (χ2n) is 7.97. The summed E-state index contributed by atoms with van der Waals surface area (Å²) in [4.78, 5) is 16.7. The van der Waals surface area contributed by atoms with Crippen LogP contribution in [0, 0.1) is 6.92 Å². The zero-order valence-corrected chi connectivity index (χ0v) is 18.8. The molecule has 0 unspecified atom stereocenters. The Morgan fingerprint density at radius 1 is 0.781 bits per heavy atom. The van der Waals surface area contributed by atoms with Crippen molar-refractivity contribution in [3.63, 3.8) is 0 Å². The number of nitrogens with zero attached hydrogens (tertiary/aromatic N) is 2. The first-order chi connectivity index (χ1) is 15.4. The Morgan fingerprint density at radius 3 is 1.78 bits per heavy atom. The molecule has 1 aliphatic heterocycles. The normalized spacial score (nSPS) is 15.0. The van der Waals surface area contributed by atoms with E-state index in [1.165, 1.54) is 23.3 Å². The highest BCUT2D eigenvalue weighted by molar-refractivity contribution is 7.90. The maximum Gasteiger partial charge on any atom is 0.331 e. The molecule has 3 aromatic carbocycles. The van der Waals surface area contributed by atoms with E-state index in [0.29, 0.717) is 26.2 Å². The van der Waals surface area contributed by atoms with Crippen molar-refractivity contribution in [1.29, 1.82) is 0 Å². The molecule has 6 nitrogen and oxygen atoms in total. The number of hydrogen-bond donors (Lipinski definition) is 1. The van der Waals surface area contributed by atoms with E-state index in [-0.39, 0.29) is 10.9 Å². The molecule has 2 amide bonds. The van der Waals surface area contributed by atoms with Crippen LogP contribution >= 0.6 is 0 Å². The van der Waals surface area contributed by atoms with E-state index >= 15 is 0 Å². The number of amides is 2. The van der Waals surface area contributed by atoms with Crippen molar-refractivity contribution in [3.05, 3.63) is 102 Å². The van der Waals surface area contributed by atoms with Crippen molar-refractivity contribution in [2.45, 2.75) is 17.9 Å². The zero-order valence-electron chi connectivity index (χ0n) is 18.0. The number of benzene rings is 3. The van der Waals surface area contributed by atoms with Crippen LogP contribution in [0.5, 0.6) is 0 Å². The number of hydrogen-bond acceptors (Lipinski definition) is 4. The highest BCUT2D eigenvalue weighted by Gasteiger charge is 2.29. The van der Waals surface area contributed by atoms with Gasteiger partial charge in [0.2, 0.25) is 0 Å². The lowest BCUT2D eigenvalue weighted by molar-refractivity contribution is 0.123. The summed E-state index contributed by atoms with van der Waals surface area (Å²) in [7, 11) is -3.90. The van der Waals surface area contributed by atoms with Crippen molar-refractivity contribution < 1.29 is 13.2 Å². The number of rotatable bonds is 5. The van der Waals surface area contributed by atoms with Gasteiger partial charge in [-0.25, -0.2) is 17.9 Å².